The largest absolute Gasteiger partial charge is 0.494 e. The van der Waals surface area contributed by atoms with Crippen LogP contribution < -0.4 is 4.74 Å². The Labute approximate surface area is 125 Å². The van der Waals surface area contributed by atoms with Crippen LogP contribution in [0.4, 0.5) is 0 Å². The van der Waals surface area contributed by atoms with Crippen LogP contribution in [0, 0.1) is 0 Å². The van der Waals surface area contributed by atoms with Gasteiger partial charge >= 0.3 is 0 Å². The molecule has 1 fully saturated rings. The second kappa shape index (κ2) is 7.22. The molecule has 1 atom stereocenters. The van der Waals surface area contributed by atoms with Crippen molar-refractivity contribution in [3.05, 3.63) is 24.3 Å². The smallest absolute Gasteiger partial charge is 0.243 e. The fraction of sp³-hybridized carbons (Fsp3) is 0.571. The van der Waals surface area contributed by atoms with Crippen LogP contribution in [-0.4, -0.2) is 57.3 Å². The van der Waals surface area contributed by atoms with Gasteiger partial charge in [-0.05, 0) is 30.7 Å². The Morgan fingerprint density at radius 2 is 2.10 bits per heavy atom. The number of likely N-dealkylation sites (N-methyl/N-ethyl adjacent to an activating group) is 1. The predicted molar refractivity (Wildman–Crippen MR) is 77.8 cm³/mol. The molecule has 1 aliphatic heterocycles. The van der Waals surface area contributed by atoms with Gasteiger partial charge in [-0.2, -0.15) is 4.31 Å². The van der Waals surface area contributed by atoms with E-state index in [2.05, 4.69) is 0 Å². The lowest BCUT2D eigenvalue weighted by atomic mass is 10.3. The Morgan fingerprint density at radius 3 is 2.67 bits per heavy atom. The van der Waals surface area contributed by atoms with Crippen LogP contribution in [0.15, 0.2) is 29.2 Å². The normalized spacial score (nSPS) is 19.1. The molecule has 1 unspecified atom stereocenters. The first-order chi connectivity index (χ1) is 10.1. The van der Waals surface area contributed by atoms with Crippen molar-refractivity contribution in [2.45, 2.75) is 23.8 Å². The maximum atomic E-state index is 12.5. The molecular weight excluding hydrogens is 294 g/mol. The minimum atomic E-state index is -3.51. The van der Waals surface area contributed by atoms with Crippen LogP contribution in [0.1, 0.15) is 12.8 Å². The average Bonchev–Trinajstić information content (AvgIpc) is 3.01. The molecule has 0 aromatic heterocycles. The van der Waals surface area contributed by atoms with Gasteiger partial charge in [0.15, 0.2) is 0 Å². The minimum Gasteiger partial charge on any atom is -0.494 e. The number of ether oxygens (including phenoxy) is 2. The number of rotatable bonds is 7. The van der Waals surface area contributed by atoms with Crippen molar-refractivity contribution < 1.29 is 23.0 Å². The SMILES string of the molecule is CN(C1CCOC1)S(=O)(=O)c1ccc(OCCCO)cc1. The van der Waals surface area contributed by atoms with E-state index < -0.39 is 10.0 Å². The van der Waals surface area contributed by atoms with Gasteiger partial charge in [-0.1, -0.05) is 0 Å². The van der Waals surface area contributed by atoms with Crippen molar-refractivity contribution in [1.29, 1.82) is 0 Å². The third-order valence-electron chi connectivity index (χ3n) is 3.49. The van der Waals surface area contributed by atoms with Crippen LogP contribution >= 0.6 is 0 Å². The summed E-state index contributed by atoms with van der Waals surface area (Å²) in [6, 6.07) is 6.23. The van der Waals surface area contributed by atoms with Gasteiger partial charge in [0.05, 0.1) is 24.2 Å². The third kappa shape index (κ3) is 3.94. The lowest BCUT2D eigenvalue weighted by Crippen LogP contribution is -2.37. The molecule has 1 aromatic rings. The standard InChI is InChI=1S/C14H21NO5S/c1-15(12-7-10-19-11-12)21(17,18)14-5-3-13(4-6-14)20-9-2-8-16/h3-6,12,16H,2,7-11H2,1H3. The molecule has 0 saturated carbocycles. The zero-order valence-corrected chi connectivity index (χ0v) is 12.9. The van der Waals surface area contributed by atoms with E-state index >= 15 is 0 Å². The Balaban J connectivity index is 2.05. The van der Waals surface area contributed by atoms with E-state index in [-0.39, 0.29) is 17.5 Å². The molecule has 2 rings (SSSR count). The first-order valence-corrected chi connectivity index (χ1v) is 8.39. The van der Waals surface area contributed by atoms with Gasteiger partial charge in [0.1, 0.15) is 5.75 Å². The summed E-state index contributed by atoms with van der Waals surface area (Å²) < 4.78 is 37.0. The van der Waals surface area contributed by atoms with Crippen molar-refractivity contribution in [3.63, 3.8) is 0 Å². The topological polar surface area (TPSA) is 76.1 Å². The summed E-state index contributed by atoms with van der Waals surface area (Å²) in [5.74, 6) is 0.592. The quantitative estimate of drug-likeness (QED) is 0.755. The van der Waals surface area contributed by atoms with E-state index in [1.54, 1.807) is 19.2 Å². The van der Waals surface area contributed by atoms with Gasteiger partial charge in [-0.3, -0.25) is 0 Å². The van der Waals surface area contributed by atoms with Crippen LogP contribution in [0.5, 0.6) is 5.75 Å². The van der Waals surface area contributed by atoms with Crippen LogP contribution in [-0.2, 0) is 14.8 Å². The lowest BCUT2D eigenvalue weighted by Gasteiger charge is -2.22. The molecule has 1 N–H and O–H groups in total. The third-order valence-corrected chi connectivity index (χ3v) is 5.42. The molecule has 6 nitrogen and oxygen atoms in total. The summed E-state index contributed by atoms with van der Waals surface area (Å²) in [5, 5.41) is 8.68. The van der Waals surface area contributed by atoms with Gasteiger partial charge in [0.25, 0.3) is 0 Å². The predicted octanol–water partition coefficient (Wildman–Crippen LogP) is 0.857. The summed E-state index contributed by atoms with van der Waals surface area (Å²) >= 11 is 0. The van der Waals surface area contributed by atoms with Gasteiger partial charge in [-0.15, -0.1) is 0 Å². The Morgan fingerprint density at radius 1 is 1.38 bits per heavy atom. The van der Waals surface area contributed by atoms with Gasteiger partial charge in [0, 0.05) is 26.7 Å². The number of hydrogen-bond donors (Lipinski definition) is 1. The highest BCUT2D eigenvalue weighted by Gasteiger charge is 2.30. The number of nitrogens with zero attached hydrogens (tertiary/aromatic N) is 1. The van der Waals surface area contributed by atoms with Crippen molar-refractivity contribution >= 4 is 10.0 Å². The second-order valence-corrected chi connectivity index (χ2v) is 6.93. The lowest BCUT2D eigenvalue weighted by molar-refractivity contribution is 0.181. The highest BCUT2D eigenvalue weighted by Crippen LogP contribution is 2.22. The van der Waals surface area contributed by atoms with Gasteiger partial charge in [0.2, 0.25) is 10.0 Å². The average molecular weight is 315 g/mol. The molecule has 7 heteroatoms. The van der Waals surface area contributed by atoms with Crippen LogP contribution in [0.2, 0.25) is 0 Å². The van der Waals surface area contributed by atoms with E-state index in [0.29, 0.717) is 32.0 Å². The number of benzene rings is 1. The molecule has 0 aliphatic carbocycles. The Hall–Kier alpha value is -1.15. The first-order valence-electron chi connectivity index (χ1n) is 6.95. The molecule has 1 heterocycles. The van der Waals surface area contributed by atoms with Gasteiger partial charge in [-0.25, -0.2) is 8.42 Å². The highest BCUT2D eigenvalue weighted by molar-refractivity contribution is 7.89. The Kier molecular flexibility index (Phi) is 5.58. The van der Waals surface area contributed by atoms with Crippen molar-refractivity contribution in [1.82, 2.24) is 4.31 Å². The maximum Gasteiger partial charge on any atom is 0.243 e. The number of aliphatic hydroxyl groups excluding tert-OH is 1. The van der Waals surface area contributed by atoms with Crippen molar-refractivity contribution in [3.8, 4) is 5.75 Å². The Bertz CT molecular complexity index is 537. The summed E-state index contributed by atoms with van der Waals surface area (Å²) in [6.45, 7) is 1.52. The zero-order chi connectivity index (χ0) is 15.3. The van der Waals surface area contributed by atoms with Gasteiger partial charge < -0.3 is 14.6 Å². The van der Waals surface area contributed by atoms with Crippen LogP contribution in [0.25, 0.3) is 0 Å². The first kappa shape index (κ1) is 16.2. The molecule has 0 radical (unpaired) electrons. The van der Waals surface area contributed by atoms with Crippen molar-refractivity contribution in [2.75, 3.05) is 33.5 Å². The van der Waals surface area contributed by atoms with E-state index in [1.807, 2.05) is 0 Å². The molecule has 21 heavy (non-hydrogen) atoms. The molecule has 118 valence electrons. The fourth-order valence-electron chi connectivity index (χ4n) is 2.13. The number of aliphatic hydroxyl groups is 1. The molecule has 1 aliphatic rings. The molecule has 1 saturated heterocycles. The molecular formula is C14H21NO5S. The van der Waals surface area contributed by atoms with E-state index in [9.17, 15) is 8.42 Å². The number of hydrogen-bond acceptors (Lipinski definition) is 5. The van der Waals surface area contributed by atoms with Crippen molar-refractivity contribution in [2.24, 2.45) is 0 Å². The molecule has 0 spiro atoms. The molecule has 1 aromatic carbocycles. The van der Waals surface area contributed by atoms with Crippen LogP contribution in [0.3, 0.4) is 0 Å². The minimum absolute atomic E-state index is 0.0702. The summed E-state index contributed by atoms with van der Waals surface area (Å²) in [4.78, 5) is 0.242. The number of sulfonamides is 1. The summed E-state index contributed by atoms with van der Waals surface area (Å²) in [7, 11) is -1.92. The monoisotopic (exact) mass is 315 g/mol. The zero-order valence-electron chi connectivity index (χ0n) is 12.1. The second-order valence-electron chi connectivity index (χ2n) is 4.94. The summed E-state index contributed by atoms with van der Waals surface area (Å²) in [6.07, 6.45) is 1.27. The highest BCUT2D eigenvalue weighted by atomic mass is 32.2. The molecule has 0 amide bonds. The van der Waals surface area contributed by atoms with E-state index in [4.69, 9.17) is 14.6 Å². The summed E-state index contributed by atoms with van der Waals surface area (Å²) in [5.41, 5.74) is 0. The van der Waals surface area contributed by atoms with E-state index in [0.717, 1.165) is 6.42 Å². The molecule has 0 bridgehead atoms. The van der Waals surface area contributed by atoms with E-state index in [1.165, 1.54) is 16.4 Å². The maximum absolute atomic E-state index is 12.5. The fourth-order valence-corrected chi connectivity index (χ4v) is 3.51.